The highest BCUT2D eigenvalue weighted by atomic mass is 35.5. The van der Waals surface area contributed by atoms with Gasteiger partial charge in [-0.1, -0.05) is 29.8 Å². The minimum absolute atomic E-state index is 0.0682. The molecule has 0 spiro atoms. The largest absolute Gasteiger partial charge is 0.480 e. The van der Waals surface area contributed by atoms with Gasteiger partial charge in [-0.2, -0.15) is 0 Å². The van der Waals surface area contributed by atoms with E-state index in [-0.39, 0.29) is 19.8 Å². The van der Waals surface area contributed by atoms with Crippen molar-refractivity contribution in [3.05, 3.63) is 62.7 Å². The second-order valence-corrected chi connectivity index (χ2v) is 8.68. The molecular formula is C22H23ClN4O5S. The summed E-state index contributed by atoms with van der Waals surface area (Å²) in [7, 11) is 0. The number of thiazole rings is 1. The number of hydrogen-bond donors (Lipinski definition) is 2. The molecule has 4 rings (SSSR count). The van der Waals surface area contributed by atoms with E-state index in [1.807, 2.05) is 17.5 Å². The molecule has 0 radical (unpaired) electrons. The Morgan fingerprint density at radius 3 is 2.91 bits per heavy atom. The molecule has 2 N–H and O–H groups in total. The topological polar surface area (TPSA) is 113 Å². The zero-order valence-electron chi connectivity index (χ0n) is 17.9. The van der Waals surface area contributed by atoms with E-state index in [9.17, 15) is 14.7 Å². The molecule has 3 heterocycles. The number of amidine groups is 1. The Morgan fingerprint density at radius 2 is 2.21 bits per heavy atom. The fourth-order valence-electron chi connectivity index (χ4n) is 3.80. The molecule has 1 saturated heterocycles. The number of benzene rings is 1. The third-order valence-electron chi connectivity index (χ3n) is 5.34. The van der Waals surface area contributed by atoms with E-state index in [4.69, 9.17) is 26.1 Å². The zero-order valence-corrected chi connectivity index (χ0v) is 19.4. The van der Waals surface area contributed by atoms with Gasteiger partial charge in [0.1, 0.15) is 12.1 Å². The van der Waals surface area contributed by atoms with Crippen molar-refractivity contribution in [3.8, 4) is 0 Å². The van der Waals surface area contributed by atoms with Crippen LogP contribution in [0, 0.1) is 0 Å². The summed E-state index contributed by atoms with van der Waals surface area (Å²) in [6, 6.07) is 5.61. The highest BCUT2D eigenvalue weighted by molar-refractivity contribution is 7.11. The van der Waals surface area contributed by atoms with Crippen molar-refractivity contribution in [2.75, 3.05) is 32.9 Å². The molecule has 2 aliphatic rings. The van der Waals surface area contributed by atoms with Crippen LogP contribution in [0.15, 0.2) is 52.1 Å². The predicted octanol–water partition coefficient (Wildman–Crippen LogP) is 2.49. The molecular weight excluding hydrogens is 468 g/mol. The number of carboxylic acid groups (broad SMARTS) is 1. The lowest BCUT2D eigenvalue weighted by atomic mass is 9.95. The van der Waals surface area contributed by atoms with Crippen molar-refractivity contribution in [1.29, 1.82) is 0 Å². The molecule has 0 bridgehead atoms. The fraction of sp³-hybridized carbons (Fsp3) is 0.364. The van der Waals surface area contributed by atoms with E-state index in [0.717, 1.165) is 0 Å². The number of hydrogen-bond acceptors (Lipinski definition) is 9. The number of aliphatic imine (C=N–C) groups is 1. The van der Waals surface area contributed by atoms with Crippen molar-refractivity contribution in [3.63, 3.8) is 0 Å². The third kappa shape index (κ3) is 5.09. The van der Waals surface area contributed by atoms with Crippen LogP contribution in [0.5, 0.6) is 0 Å². The van der Waals surface area contributed by atoms with Crippen LogP contribution in [0.2, 0.25) is 5.02 Å². The molecule has 0 saturated carbocycles. The van der Waals surface area contributed by atoms with Crippen molar-refractivity contribution < 1.29 is 24.2 Å². The summed E-state index contributed by atoms with van der Waals surface area (Å²) in [4.78, 5) is 35.9. The van der Waals surface area contributed by atoms with Gasteiger partial charge in [0.2, 0.25) is 0 Å². The molecule has 1 aromatic heterocycles. The quantitative estimate of drug-likeness (QED) is 0.569. The number of esters is 1. The first kappa shape index (κ1) is 23.4. The molecule has 2 aliphatic heterocycles. The second-order valence-electron chi connectivity index (χ2n) is 7.38. The molecule has 1 aromatic carbocycles. The van der Waals surface area contributed by atoms with Gasteiger partial charge in [0.15, 0.2) is 10.8 Å². The fourth-order valence-corrected chi connectivity index (χ4v) is 4.63. The number of carboxylic acids is 1. The van der Waals surface area contributed by atoms with Crippen LogP contribution in [-0.4, -0.2) is 71.7 Å². The molecule has 2 atom stereocenters. The molecule has 2 unspecified atom stereocenters. The van der Waals surface area contributed by atoms with E-state index in [0.29, 0.717) is 45.9 Å². The maximum absolute atomic E-state index is 13.1. The van der Waals surface area contributed by atoms with Crippen molar-refractivity contribution in [2.45, 2.75) is 19.0 Å². The van der Waals surface area contributed by atoms with Crippen LogP contribution in [0.3, 0.4) is 0 Å². The molecule has 2 aromatic rings. The summed E-state index contributed by atoms with van der Waals surface area (Å²) >= 11 is 7.90. The van der Waals surface area contributed by atoms with E-state index in [1.165, 1.54) is 11.3 Å². The number of nitrogens with one attached hydrogen (secondary N) is 1. The smallest absolute Gasteiger partial charge is 0.338 e. The Balaban J connectivity index is 1.82. The first-order valence-corrected chi connectivity index (χ1v) is 11.7. The van der Waals surface area contributed by atoms with Crippen LogP contribution in [-0.2, 0) is 19.1 Å². The predicted molar refractivity (Wildman–Crippen MR) is 123 cm³/mol. The Hall–Kier alpha value is -2.79. The van der Waals surface area contributed by atoms with Crippen LogP contribution in [0.4, 0.5) is 0 Å². The van der Waals surface area contributed by atoms with Gasteiger partial charge >= 0.3 is 11.9 Å². The highest BCUT2D eigenvalue weighted by Gasteiger charge is 2.37. The number of rotatable bonds is 7. The van der Waals surface area contributed by atoms with Crippen LogP contribution < -0.4 is 5.32 Å². The van der Waals surface area contributed by atoms with Gasteiger partial charge in [-0.15, -0.1) is 11.3 Å². The molecule has 1 fully saturated rings. The van der Waals surface area contributed by atoms with E-state index in [2.05, 4.69) is 10.3 Å². The monoisotopic (exact) mass is 490 g/mol. The Labute approximate surface area is 199 Å². The first-order chi connectivity index (χ1) is 16.0. The summed E-state index contributed by atoms with van der Waals surface area (Å²) in [5.41, 5.74) is 1.44. The molecule has 33 heavy (non-hydrogen) atoms. The van der Waals surface area contributed by atoms with Gasteiger partial charge in [0.05, 0.1) is 25.4 Å². The summed E-state index contributed by atoms with van der Waals surface area (Å²) < 4.78 is 10.7. The first-order valence-electron chi connectivity index (χ1n) is 10.4. The molecule has 174 valence electrons. The number of nitrogens with zero attached hydrogens (tertiary/aromatic N) is 3. The summed E-state index contributed by atoms with van der Waals surface area (Å²) in [6.45, 7) is 2.94. The molecule has 9 nitrogen and oxygen atoms in total. The van der Waals surface area contributed by atoms with Crippen molar-refractivity contribution in [2.24, 2.45) is 4.99 Å². The average molecular weight is 491 g/mol. The number of aromatic nitrogens is 1. The maximum atomic E-state index is 13.1. The van der Waals surface area contributed by atoms with Crippen LogP contribution >= 0.6 is 22.9 Å². The van der Waals surface area contributed by atoms with Gasteiger partial charge in [0.25, 0.3) is 0 Å². The van der Waals surface area contributed by atoms with Gasteiger partial charge in [-0.3, -0.25) is 14.7 Å². The number of morpholine rings is 1. The Morgan fingerprint density at radius 1 is 1.39 bits per heavy atom. The number of aliphatic carboxylic acids is 1. The lowest BCUT2D eigenvalue weighted by molar-refractivity contribution is -0.149. The molecule has 11 heteroatoms. The van der Waals surface area contributed by atoms with Gasteiger partial charge in [-0.05, 0) is 13.0 Å². The third-order valence-corrected chi connectivity index (χ3v) is 6.47. The average Bonchev–Trinajstić information content (AvgIpc) is 3.34. The number of carbonyl (C=O) groups is 2. The van der Waals surface area contributed by atoms with Gasteiger partial charge in [-0.25, -0.2) is 9.78 Å². The lowest BCUT2D eigenvalue weighted by Gasteiger charge is -2.35. The summed E-state index contributed by atoms with van der Waals surface area (Å²) in [6.07, 6.45) is 1.67. The minimum atomic E-state index is -0.986. The maximum Gasteiger partial charge on any atom is 0.338 e. The van der Waals surface area contributed by atoms with Crippen molar-refractivity contribution in [1.82, 2.24) is 15.2 Å². The summed E-state index contributed by atoms with van der Waals surface area (Å²) in [5.74, 6) is -1.04. The standard InChI is InChI=1S/C22H23ClN4O5S/c1-2-32-22(30)17-15(11-27-8-9-31-12-16(27)21(28)29)25-19(20-24-7-10-33-20)26-18(17)13-5-3-4-6-14(13)23/h3-7,10,16,18H,2,8-9,11-12H2,1H3,(H,25,26)(H,28,29). The van der Waals surface area contributed by atoms with Crippen molar-refractivity contribution >= 4 is 40.7 Å². The van der Waals surface area contributed by atoms with E-state index >= 15 is 0 Å². The van der Waals surface area contributed by atoms with Crippen LogP contribution in [0.1, 0.15) is 23.5 Å². The number of halogens is 1. The zero-order chi connectivity index (χ0) is 23.4. The second kappa shape index (κ2) is 10.4. The van der Waals surface area contributed by atoms with Crippen LogP contribution in [0.25, 0.3) is 0 Å². The SMILES string of the molecule is CCOC(=O)C1=C(CN2CCOCC2C(=O)O)NC(c2nccs2)=NC1c1ccccc1Cl. The highest BCUT2D eigenvalue weighted by Crippen LogP contribution is 2.36. The number of carbonyl (C=O) groups excluding carboxylic acids is 1. The molecule has 0 aliphatic carbocycles. The lowest BCUT2D eigenvalue weighted by Crippen LogP contribution is -2.52. The molecule has 0 amide bonds. The van der Waals surface area contributed by atoms with Gasteiger partial charge in [0, 0.05) is 40.9 Å². The Bertz CT molecular complexity index is 1090. The van der Waals surface area contributed by atoms with Gasteiger partial charge < -0.3 is 19.9 Å². The normalized spacial score (nSPS) is 21.3. The summed E-state index contributed by atoms with van der Waals surface area (Å²) in [5, 5.41) is 15.8. The number of ether oxygens (including phenoxy) is 2. The minimum Gasteiger partial charge on any atom is -0.480 e. The van der Waals surface area contributed by atoms with E-state index in [1.54, 1.807) is 30.2 Å². The van der Waals surface area contributed by atoms with E-state index < -0.39 is 24.0 Å². The Kier molecular flexibility index (Phi) is 7.39.